The van der Waals surface area contributed by atoms with Crippen LogP contribution in [0, 0.1) is 0 Å². The lowest BCUT2D eigenvalue weighted by molar-refractivity contribution is 0.0926. The number of carbonyl (C=O) groups is 2. The number of thiophene rings is 1. The molecule has 3 amide bonds. The van der Waals surface area contributed by atoms with Crippen LogP contribution in [0.5, 0.6) is 0 Å². The van der Waals surface area contributed by atoms with E-state index in [1.54, 1.807) is 12.1 Å². The maximum atomic E-state index is 13.7. The molecule has 47 heavy (non-hydrogen) atoms. The van der Waals surface area contributed by atoms with Gasteiger partial charge in [-0.2, -0.15) is 0 Å². The maximum Gasteiger partial charge on any atom is 0.324 e. The molecule has 0 unspecified atom stereocenters. The highest BCUT2D eigenvalue weighted by molar-refractivity contribution is 7.18. The summed E-state index contributed by atoms with van der Waals surface area (Å²) in [5.74, 6) is -0.264. The molecular weight excluding hydrogens is 648 g/mol. The van der Waals surface area contributed by atoms with Crippen LogP contribution >= 0.6 is 22.9 Å². The number of aliphatic hydroxyl groups excluding tert-OH is 1. The van der Waals surface area contributed by atoms with Gasteiger partial charge in [0.05, 0.1) is 21.9 Å². The van der Waals surface area contributed by atoms with Crippen LogP contribution < -0.4 is 25.9 Å². The number of nitrogens with zero attached hydrogens (tertiary/aromatic N) is 2. The Morgan fingerprint density at radius 1 is 0.936 bits per heavy atom. The molecule has 1 aliphatic heterocycles. The minimum atomic E-state index is -2.69. The molecule has 11 heteroatoms. The molecule has 248 valence electrons. The quantitative estimate of drug-likeness (QED) is 0.154. The molecule has 1 atom stereocenters. The largest absolute Gasteiger partial charge is 0.406 e. The SMILES string of the molecule is CC(C)(C)[Si](OCCN1CCCN(c2ccc(NC[C@H](O)CNC(=O)c3ccc(Cl)s3)cc2)C1=O)(c1ccccc1)c1ccccc1. The average molecular weight is 691 g/mol. The van der Waals surface area contributed by atoms with Crippen LogP contribution in [0.2, 0.25) is 9.37 Å². The van der Waals surface area contributed by atoms with Crippen LogP contribution in [-0.4, -0.2) is 75.7 Å². The molecule has 0 bridgehead atoms. The average Bonchev–Trinajstić information content (AvgIpc) is 3.52. The van der Waals surface area contributed by atoms with Gasteiger partial charge < -0.3 is 25.1 Å². The van der Waals surface area contributed by atoms with E-state index in [9.17, 15) is 14.7 Å². The maximum absolute atomic E-state index is 13.7. The molecule has 0 aliphatic carbocycles. The highest BCUT2D eigenvalue weighted by Crippen LogP contribution is 2.36. The van der Waals surface area contributed by atoms with E-state index in [0.717, 1.165) is 17.8 Å². The first-order chi connectivity index (χ1) is 22.6. The normalized spacial score (nSPS) is 14.6. The third-order valence-corrected chi connectivity index (χ3v) is 14.7. The first-order valence-electron chi connectivity index (χ1n) is 16.0. The Hall–Kier alpha value is -3.67. The van der Waals surface area contributed by atoms with E-state index in [1.165, 1.54) is 21.7 Å². The number of benzene rings is 3. The lowest BCUT2D eigenvalue weighted by Crippen LogP contribution is -2.67. The van der Waals surface area contributed by atoms with Gasteiger partial charge >= 0.3 is 6.03 Å². The predicted octanol–water partition coefficient (Wildman–Crippen LogP) is 5.81. The van der Waals surface area contributed by atoms with Crippen molar-refractivity contribution >= 4 is 64.9 Å². The van der Waals surface area contributed by atoms with Crippen molar-refractivity contribution in [3.63, 3.8) is 0 Å². The van der Waals surface area contributed by atoms with Gasteiger partial charge in [0.15, 0.2) is 0 Å². The van der Waals surface area contributed by atoms with Gasteiger partial charge in [0, 0.05) is 44.1 Å². The molecule has 1 aromatic heterocycles. The van der Waals surface area contributed by atoms with Gasteiger partial charge in [-0.1, -0.05) is 93.0 Å². The third kappa shape index (κ3) is 8.25. The molecular formula is C36H43ClN4O4SSi. The van der Waals surface area contributed by atoms with Crippen LogP contribution in [-0.2, 0) is 4.43 Å². The molecule has 2 heterocycles. The summed E-state index contributed by atoms with van der Waals surface area (Å²) < 4.78 is 7.59. The summed E-state index contributed by atoms with van der Waals surface area (Å²) in [6.07, 6.45) is 0.0814. The topological polar surface area (TPSA) is 94.1 Å². The second-order valence-electron chi connectivity index (χ2n) is 12.7. The van der Waals surface area contributed by atoms with Gasteiger partial charge in [0.2, 0.25) is 0 Å². The first kappa shape index (κ1) is 34.7. The molecule has 0 radical (unpaired) electrons. The predicted molar refractivity (Wildman–Crippen MR) is 195 cm³/mol. The second kappa shape index (κ2) is 15.5. The zero-order valence-corrected chi connectivity index (χ0v) is 29.7. The van der Waals surface area contributed by atoms with E-state index >= 15 is 0 Å². The van der Waals surface area contributed by atoms with E-state index in [-0.39, 0.29) is 30.1 Å². The molecule has 5 rings (SSSR count). The number of rotatable bonds is 13. The van der Waals surface area contributed by atoms with Gasteiger partial charge in [0.25, 0.3) is 14.2 Å². The van der Waals surface area contributed by atoms with Gasteiger partial charge in [-0.3, -0.25) is 9.69 Å². The van der Waals surface area contributed by atoms with Crippen molar-refractivity contribution in [1.29, 1.82) is 0 Å². The summed E-state index contributed by atoms with van der Waals surface area (Å²) in [5, 5.41) is 18.6. The minimum Gasteiger partial charge on any atom is -0.406 e. The van der Waals surface area contributed by atoms with E-state index in [4.69, 9.17) is 16.0 Å². The Bertz CT molecular complexity index is 1580. The number of hydrogen-bond donors (Lipinski definition) is 3. The van der Waals surface area contributed by atoms with Crippen molar-refractivity contribution in [1.82, 2.24) is 10.2 Å². The highest BCUT2D eigenvalue weighted by atomic mass is 35.5. The number of amides is 3. The number of nitrogens with one attached hydrogen (secondary N) is 2. The Morgan fingerprint density at radius 3 is 2.15 bits per heavy atom. The monoisotopic (exact) mass is 690 g/mol. The molecule has 3 N–H and O–H groups in total. The van der Waals surface area contributed by atoms with E-state index < -0.39 is 14.4 Å². The van der Waals surface area contributed by atoms with Crippen molar-refractivity contribution in [3.05, 3.63) is 106 Å². The smallest absolute Gasteiger partial charge is 0.324 e. The molecule has 0 spiro atoms. The minimum absolute atomic E-state index is 0.0267. The second-order valence-corrected chi connectivity index (χ2v) is 18.7. The van der Waals surface area contributed by atoms with Gasteiger partial charge in [-0.25, -0.2) is 4.79 Å². The number of carbonyl (C=O) groups excluding carboxylic acids is 2. The van der Waals surface area contributed by atoms with Crippen molar-refractivity contribution in [3.8, 4) is 0 Å². The van der Waals surface area contributed by atoms with Crippen LogP contribution in [0.4, 0.5) is 16.2 Å². The Kier molecular flexibility index (Phi) is 11.4. The Labute approximate surface area is 287 Å². The fraction of sp³-hybridized carbons (Fsp3) is 0.333. The molecule has 1 saturated heterocycles. The summed E-state index contributed by atoms with van der Waals surface area (Å²) in [6.45, 7) is 9.42. The summed E-state index contributed by atoms with van der Waals surface area (Å²) >= 11 is 7.09. The number of aliphatic hydroxyl groups is 1. The van der Waals surface area contributed by atoms with Crippen molar-refractivity contribution in [2.45, 2.75) is 38.3 Å². The molecule has 0 saturated carbocycles. The molecule has 8 nitrogen and oxygen atoms in total. The van der Waals surface area contributed by atoms with Crippen molar-refractivity contribution in [2.24, 2.45) is 0 Å². The fourth-order valence-corrected chi connectivity index (χ4v) is 11.6. The summed E-state index contributed by atoms with van der Waals surface area (Å²) in [7, 11) is -2.69. The molecule has 4 aromatic rings. The molecule has 3 aromatic carbocycles. The van der Waals surface area contributed by atoms with E-state index in [1.807, 2.05) is 46.2 Å². The van der Waals surface area contributed by atoms with Gasteiger partial charge in [-0.05, 0) is 58.2 Å². The summed E-state index contributed by atoms with van der Waals surface area (Å²) in [5.41, 5.74) is 1.63. The molecule has 1 fully saturated rings. The van der Waals surface area contributed by atoms with Crippen molar-refractivity contribution < 1.29 is 19.1 Å². The zero-order chi connectivity index (χ0) is 33.4. The van der Waals surface area contributed by atoms with Crippen molar-refractivity contribution in [2.75, 3.05) is 49.5 Å². The number of hydrogen-bond acceptors (Lipinski definition) is 6. The number of anilines is 2. The van der Waals surface area contributed by atoms with Crippen LogP contribution in [0.15, 0.2) is 97.1 Å². The lowest BCUT2D eigenvalue weighted by Gasteiger charge is -2.43. The van der Waals surface area contributed by atoms with Crippen LogP contribution in [0.3, 0.4) is 0 Å². The number of halogens is 1. The number of urea groups is 1. The standard InChI is InChI=1S/C36H43ClN4O4SSi/c1-36(2,3)47(30-11-6-4-7-12-30,31-13-8-5-9-14-31)45-24-23-40-21-10-22-41(35(40)44)28-17-15-27(16-18-28)38-25-29(42)26-39-34(43)32-19-20-33(37)46-32/h4-9,11-20,29,38,42H,10,21-26H2,1-3H3,(H,39,43)/t29-/m0/s1. The van der Waals surface area contributed by atoms with Gasteiger partial charge in [-0.15, -0.1) is 11.3 Å². The van der Waals surface area contributed by atoms with E-state index in [0.29, 0.717) is 35.5 Å². The fourth-order valence-electron chi connectivity index (χ4n) is 6.10. The molecule has 1 aliphatic rings. The van der Waals surface area contributed by atoms with Crippen LogP contribution in [0.1, 0.15) is 36.9 Å². The Morgan fingerprint density at radius 2 is 1.57 bits per heavy atom. The lowest BCUT2D eigenvalue weighted by atomic mass is 10.2. The summed E-state index contributed by atoms with van der Waals surface area (Å²) in [6, 6.07) is 32.0. The van der Waals surface area contributed by atoms with E-state index in [2.05, 4.69) is 79.9 Å². The first-order valence-corrected chi connectivity index (χ1v) is 19.1. The zero-order valence-electron chi connectivity index (χ0n) is 27.1. The highest BCUT2D eigenvalue weighted by Gasteiger charge is 2.50. The summed E-state index contributed by atoms with van der Waals surface area (Å²) in [4.78, 5) is 30.1. The van der Waals surface area contributed by atoms with Gasteiger partial charge in [0.1, 0.15) is 0 Å². The third-order valence-electron chi connectivity index (χ3n) is 8.42. The van der Waals surface area contributed by atoms with Crippen LogP contribution in [0.25, 0.3) is 0 Å². The Balaban J connectivity index is 1.17.